The van der Waals surface area contributed by atoms with Crippen LogP contribution in [0.3, 0.4) is 0 Å². The van der Waals surface area contributed by atoms with Crippen LogP contribution in [0.5, 0.6) is 0 Å². The molecule has 0 bridgehead atoms. The van der Waals surface area contributed by atoms with Crippen molar-refractivity contribution in [3.8, 4) is 0 Å². The fraction of sp³-hybridized carbons (Fsp3) is 0.357. The Balaban J connectivity index is 0.000000325. The molecule has 0 spiro atoms. The van der Waals surface area contributed by atoms with E-state index >= 15 is 0 Å². The van der Waals surface area contributed by atoms with Crippen LogP contribution in [0.25, 0.3) is 0 Å². The number of rotatable bonds is 4. The van der Waals surface area contributed by atoms with Gasteiger partial charge in [-0.15, -0.1) is 6.58 Å². The van der Waals surface area contributed by atoms with Crippen LogP contribution in [-0.2, 0) is 4.79 Å². The van der Waals surface area contributed by atoms with E-state index in [9.17, 15) is 4.79 Å². The highest BCUT2D eigenvalue weighted by Gasteiger charge is 1.90. The summed E-state index contributed by atoms with van der Waals surface area (Å²) in [7, 11) is 0. The average Bonchev–Trinajstić information content (AvgIpc) is 2.28. The van der Waals surface area contributed by atoms with Crippen LogP contribution >= 0.6 is 0 Å². The van der Waals surface area contributed by atoms with Crippen molar-refractivity contribution in [2.45, 2.75) is 33.1 Å². The molecule has 0 aromatic heterocycles. The first kappa shape index (κ1) is 14.4. The summed E-state index contributed by atoms with van der Waals surface area (Å²) in [5.74, 6) is -0.0359. The summed E-state index contributed by atoms with van der Waals surface area (Å²) in [5.41, 5.74) is 0.843. The van der Waals surface area contributed by atoms with Gasteiger partial charge in [0.25, 0.3) is 0 Å². The number of allylic oxidation sites excluding steroid dienone is 1. The highest BCUT2D eigenvalue weighted by Crippen LogP contribution is 2.03. The summed E-state index contributed by atoms with van der Waals surface area (Å²) < 4.78 is 0. The Morgan fingerprint density at radius 1 is 1.38 bits per heavy atom. The van der Waals surface area contributed by atoms with E-state index in [4.69, 9.17) is 0 Å². The number of unbranched alkanes of at least 4 members (excludes halogenated alkanes) is 2. The first-order valence-corrected chi connectivity index (χ1v) is 5.64. The molecule has 1 rings (SSSR count). The monoisotopic (exact) mass is 219 g/mol. The van der Waals surface area contributed by atoms with Gasteiger partial charge in [-0.25, -0.2) is 0 Å². The molecule has 0 unspecified atom stereocenters. The fourth-order valence-corrected chi connectivity index (χ4v) is 1.07. The van der Waals surface area contributed by atoms with Gasteiger partial charge in [-0.1, -0.05) is 44.0 Å². The molecule has 0 radical (unpaired) electrons. The number of para-hydroxylation sites is 1. The van der Waals surface area contributed by atoms with Crippen molar-refractivity contribution in [3.05, 3.63) is 43.0 Å². The lowest BCUT2D eigenvalue weighted by Gasteiger charge is -1.98. The third kappa shape index (κ3) is 9.00. The number of hydrogen-bond donors (Lipinski definition) is 1. The molecule has 0 saturated carbocycles. The molecule has 0 atom stereocenters. The van der Waals surface area contributed by atoms with Gasteiger partial charge in [0.05, 0.1) is 0 Å². The van der Waals surface area contributed by atoms with Gasteiger partial charge < -0.3 is 5.32 Å². The highest BCUT2D eigenvalue weighted by atomic mass is 16.1. The van der Waals surface area contributed by atoms with Crippen LogP contribution in [0.2, 0.25) is 0 Å². The molecule has 0 aliphatic carbocycles. The van der Waals surface area contributed by atoms with Crippen molar-refractivity contribution in [2.24, 2.45) is 0 Å². The second kappa shape index (κ2) is 9.97. The Labute approximate surface area is 98.4 Å². The second-order valence-corrected chi connectivity index (χ2v) is 3.48. The summed E-state index contributed by atoms with van der Waals surface area (Å²) in [4.78, 5) is 10.5. The van der Waals surface area contributed by atoms with E-state index in [1.165, 1.54) is 26.2 Å². The Morgan fingerprint density at radius 3 is 2.38 bits per heavy atom. The number of amides is 1. The molecule has 0 aliphatic rings. The maximum absolute atomic E-state index is 10.5. The molecule has 1 aromatic rings. The van der Waals surface area contributed by atoms with Crippen LogP contribution in [-0.4, -0.2) is 5.91 Å². The highest BCUT2D eigenvalue weighted by molar-refractivity contribution is 5.88. The van der Waals surface area contributed by atoms with Gasteiger partial charge in [0.15, 0.2) is 0 Å². The molecule has 2 heteroatoms. The molecule has 0 fully saturated rings. The number of anilines is 1. The first-order valence-electron chi connectivity index (χ1n) is 5.64. The quantitative estimate of drug-likeness (QED) is 0.601. The van der Waals surface area contributed by atoms with Crippen LogP contribution < -0.4 is 5.32 Å². The standard InChI is InChI=1S/C8H9NO.C6H12/c1-7(10)9-8-5-3-2-4-6-8;1-3-5-6-4-2/h2-6H,1H3,(H,9,10);3H,1,4-6H2,2H3. The van der Waals surface area contributed by atoms with Crippen molar-refractivity contribution in [2.75, 3.05) is 5.32 Å². The third-order valence-electron chi connectivity index (χ3n) is 1.86. The molecular formula is C14H21NO. The van der Waals surface area contributed by atoms with Crippen molar-refractivity contribution >= 4 is 11.6 Å². The molecule has 0 saturated heterocycles. The zero-order chi connectivity index (χ0) is 12.2. The van der Waals surface area contributed by atoms with E-state index in [2.05, 4.69) is 18.8 Å². The van der Waals surface area contributed by atoms with Gasteiger partial charge in [-0.3, -0.25) is 4.79 Å². The van der Waals surface area contributed by atoms with Crippen molar-refractivity contribution in [1.29, 1.82) is 0 Å². The normalized spacial score (nSPS) is 8.62. The van der Waals surface area contributed by atoms with E-state index in [0.29, 0.717) is 0 Å². The Bertz CT molecular complexity index is 293. The topological polar surface area (TPSA) is 29.1 Å². The van der Waals surface area contributed by atoms with Gasteiger partial charge in [0, 0.05) is 12.6 Å². The fourth-order valence-electron chi connectivity index (χ4n) is 1.07. The molecule has 2 nitrogen and oxygen atoms in total. The SMILES string of the molecule is C=CCCCC.CC(=O)Nc1ccccc1. The van der Waals surface area contributed by atoms with Gasteiger partial charge >= 0.3 is 0 Å². The summed E-state index contributed by atoms with van der Waals surface area (Å²) in [6.07, 6.45) is 5.72. The van der Waals surface area contributed by atoms with Gasteiger partial charge in [-0.2, -0.15) is 0 Å². The minimum absolute atomic E-state index is 0.0359. The Kier molecular flexibility index (Phi) is 8.99. The molecule has 0 aliphatic heterocycles. The lowest BCUT2D eigenvalue weighted by Crippen LogP contribution is -2.04. The smallest absolute Gasteiger partial charge is 0.221 e. The number of carbonyl (C=O) groups excluding carboxylic acids is 1. The first-order chi connectivity index (χ1) is 7.70. The van der Waals surface area contributed by atoms with Crippen molar-refractivity contribution in [3.63, 3.8) is 0 Å². The summed E-state index contributed by atoms with van der Waals surface area (Å²) >= 11 is 0. The van der Waals surface area contributed by atoms with Crippen LogP contribution in [0.15, 0.2) is 43.0 Å². The average molecular weight is 219 g/mol. The molecule has 1 N–H and O–H groups in total. The largest absolute Gasteiger partial charge is 0.326 e. The lowest BCUT2D eigenvalue weighted by atomic mass is 10.3. The van der Waals surface area contributed by atoms with Crippen LogP contribution in [0.4, 0.5) is 5.69 Å². The number of nitrogens with one attached hydrogen (secondary N) is 1. The number of carbonyl (C=O) groups is 1. The van der Waals surface area contributed by atoms with Crippen molar-refractivity contribution in [1.82, 2.24) is 0 Å². The van der Waals surface area contributed by atoms with E-state index in [0.717, 1.165) is 5.69 Å². The molecule has 1 aromatic carbocycles. The van der Waals surface area contributed by atoms with E-state index in [1.54, 1.807) is 0 Å². The molecule has 88 valence electrons. The number of hydrogen-bond acceptors (Lipinski definition) is 1. The predicted molar refractivity (Wildman–Crippen MR) is 70.5 cm³/mol. The number of benzene rings is 1. The summed E-state index contributed by atoms with van der Waals surface area (Å²) in [5, 5.41) is 2.67. The molecular weight excluding hydrogens is 198 g/mol. The van der Waals surface area contributed by atoms with E-state index in [1.807, 2.05) is 36.4 Å². The zero-order valence-electron chi connectivity index (χ0n) is 10.2. The Morgan fingerprint density at radius 2 is 2.00 bits per heavy atom. The zero-order valence-corrected chi connectivity index (χ0v) is 10.2. The second-order valence-electron chi connectivity index (χ2n) is 3.48. The Hall–Kier alpha value is -1.57. The third-order valence-corrected chi connectivity index (χ3v) is 1.86. The maximum Gasteiger partial charge on any atom is 0.221 e. The molecule has 0 heterocycles. The minimum Gasteiger partial charge on any atom is -0.326 e. The van der Waals surface area contributed by atoms with Gasteiger partial charge in [0.2, 0.25) is 5.91 Å². The van der Waals surface area contributed by atoms with Gasteiger partial charge in [0.1, 0.15) is 0 Å². The maximum atomic E-state index is 10.5. The summed E-state index contributed by atoms with van der Waals surface area (Å²) in [6, 6.07) is 9.37. The van der Waals surface area contributed by atoms with Crippen LogP contribution in [0.1, 0.15) is 33.1 Å². The van der Waals surface area contributed by atoms with Crippen LogP contribution in [0, 0.1) is 0 Å². The van der Waals surface area contributed by atoms with Gasteiger partial charge in [-0.05, 0) is 18.6 Å². The minimum atomic E-state index is -0.0359. The molecule has 16 heavy (non-hydrogen) atoms. The predicted octanol–water partition coefficient (Wildman–Crippen LogP) is 4.01. The van der Waals surface area contributed by atoms with Crippen molar-refractivity contribution < 1.29 is 4.79 Å². The lowest BCUT2D eigenvalue weighted by molar-refractivity contribution is -0.114. The van der Waals surface area contributed by atoms with E-state index in [-0.39, 0.29) is 5.91 Å². The van der Waals surface area contributed by atoms with E-state index < -0.39 is 0 Å². The summed E-state index contributed by atoms with van der Waals surface area (Å²) in [6.45, 7) is 7.28. The molecule has 1 amide bonds.